The van der Waals surface area contributed by atoms with Crippen LogP contribution in [0.1, 0.15) is 15.9 Å². The molecule has 1 amide bonds. The molecule has 0 radical (unpaired) electrons. The number of carbonyl (C=O) groups excluding carboxylic acids is 1. The molecule has 160 valence electrons. The monoisotopic (exact) mass is 449 g/mol. The summed E-state index contributed by atoms with van der Waals surface area (Å²) in [7, 11) is 0. The van der Waals surface area contributed by atoms with Gasteiger partial charge in [-0.3, -0.25) is 4.79 Å². The molecule has 5 nitrogen and oxygen atoms in total. The summed E-state index contributed by atoms with van der Waals surface area (Å²) in [5.41, 5.74) is 0.823. The van der Waals surface area contributed by atoms with Gasteiger partial charge < -0.3 is 10.1 Å². The van der Waals surface area contributed by atoms with Crippen molar-refractivity contribution in [3.8, 4) is 11.6 Å². The van der Waals surface area contributed by atoms with Crippen LogP contribution in [0.2, 0.25) is 0 Å². The standard InChI is InChI=1S/C24H17F2N3O2S/c25-18-7-11-20(12-8-18)32-24-23(27-13-14-28-24)31-19-9-5-16(6-10-19)22(30)29-15-17-3-1-2-4-21(17)26/h1-14H,15H2,(H,29,30). The first-order valence-electron chi connectivity index (χ1n) is 9.62. The van der Waals surface area contributed by atoms with Gasteiger partial charge >= 0.3 is 0 Å². The minimum absolute atomic E-state index is 0.0906. The van der Waals surface area contributed by atoms with Gasteiger partial charge in [0.05, 0.1) is 0 Å². The number of halogens is 2. The van der Waals surface area contributed by atoms with Gasteiger partial charge in [0.2, 0.25) is 0 Å². The van der Waals surface area contributed by atoms with E-state index < -0.39 is 0 Å². The van der Waals surface area contributed by atoms with E-state index in [-0.39, 0.29) is 24.1 Å². The maximum absolute atomic E-state index is 13.7. The number of benzene rings is 3. The molecule has 4 rings (SSSR count). The van der Waals surface area contributed by atoms with E-state index in [0.29, 0.717) is 27.8 Å². The number of carbonyl (C=O) groups is 1. The van der Waals surface area contributed by atoms with E-state index in [2.05, 4.69) is 15.3 Å². The summed E-state index contributed by atoms with van der Waals surface area (Å²) in [5, 5.41) is 3.21. The van der Waals surface area contributed by atoms with Gasteiger partial charge in [0.1, 0.15) is 17.4 Å². The highest BCUT2D eigenvalue weighted by Crippen LogP contribution is 2.33. The average molecular weight is 449 g/mol. The van der Waals surface area contributed by atoms with Gasteiger partial charge in [-0.1, -0.05) is 30.0 Å². The molecule has 1 heterocycles. The van der Waals surface area contributed by atoms with Crippen molar-refractivity contribution in [3.05, 3.63) is 108 Å². The van der Waals surface area contributed by atoms with E-state index in [0.717, 1.165) is 4.90 Å². The molecule has 0 bridgehead atoms. The van der Waals surface area contributed by atoms with Crippen molar-refractivity contribution in [1.82, 2.24) is 15.3 Å². The van der Waals surface area contributed by atoms with Crippen LogP contribution >= 0.6 is 11.8 Å². The Morgan fingerprint density at radius 1 is 0.906 bits per heavy atom. The molecule has 0 aliphatic heterocycles. The Morgan fingerprint density at radius 2 is 1.62 bits per heavy atom. The van der Waals surface area contributed by atoms with E-state index in [1.54, 1.807) is 60.8 Å². The lowest BCUT2D eigenvalue weighted by Gasteiger charge is -2.10. The molecule has 0 aliphatic rings. The van der Waals surface area contributed by atoms with Crippen molar-refractivity contribution < 1.29 is 18.3 Å². The van der Waals surface area contributed by atoms with E-state index in [1.165, 1.54) is 36.2 Å². The van der Waals surface area contributed by atoms with Crippen LogP contribution in [0.5, 0.6) is 11.6 Å². The Bertz CT molecular complexity index is 1220. The number of nitrogens with zero attached hydrogens (tertiary/aromatic N) is 2. The molecule has 0 spiro atoms. The van der Waals surface area contributed by atoms with Gasteiger partial charge in [0.25, 0.3) is 11.8 Å². The van der Waals surface area contributed by atoms with Crippen LogP contribution in [0.15, 0.2) is 95.1 Å². The second kappa shape index (κ2) is 10.0. The zero-order valence-electron chi connectivity index (χ0n) is 16.7. The highest BCUT2D eigenvalue weighted by molar-refractivity contribution is 7.99. The zero-order chi connectivity index (χ0) is 22.3. The third-order valence-corrected chi connectivity index (χ3v) is 5.37. The van der Waals surface area contributed by atoms with Crippen molar-refractivity contribution in [3.63, 3.8) is 0 Å². The van der Waals surface area contributed by atoms with Crippen molar-refractivity contribution in [2.75, 3.05) is 0 Å². The predicted molar refractivity (Wildman–Crippen MR) is 117 cm³/mol. The summed E-state index contributed by atoms with van der Waals surface area (Å²) < 4.78 is 32.7. The number of rotatable bonds is 7. The Kier molecular flexibility index (Phi) is 6.72. The van der Waals surface area contributed by atoms with Crippen molar-refractivity contribution in [2.24, 2.45) is 0 Å². The minimum atomic E-state index is -0.366. The number of aromatic nitrogens is 2. The minimum Gasteiger partial charge on any atom is -0.437 e. The Labute approximate surface area is 187 Å². The molecule has 1 aromatic heterocycles. The summed E-state index contributed by atoms with van der Waals surface area (Å²) in [5.74, 6) is -0.250. The molecule has 0 aliphatic carbocycles. The van der Waals surface area contributed by atoms with Crippen LogP contribution in [-0.2, 0) is 6.54 Å². The van der Waals surface area contributed by atoms with Gasteiger partial charge in [-0.15, -0.1) is 0 Å². The molecule has 0 fully saturated rings. The van der Waals surface area contributed by atoms with Crippen LogP contribution in [0.3, 0.4) is 0 Å². The van der Waals surface area contributed by atoms with E-state index in [1.807, 2.05) is 0 Å². The maximum atomic E-state index is 13.7. The molecule has 0 saturated carbocycles. The average Bonchev–Trinajstić information content (AvgIpc) is 2.81. The number of ether oxygens (including phenoxy) is 1. The predicted octanol–water partition coefficient (Wildman–Crippen LogP) is 5.63. The largest absolute Gasteiger partial charge is 0.437 e. The Hall–Kier alpha value is -3.78. The second-order valence-corrected chi connectivity index (χ2v) is 7.69. The van der Waals surface area contributed by atoms with Crippen molar-refractivity contribution >= 4 is 17.7 Å². The normalized spacial score (nSPS) is 10.6. The highest BCUT2D eigenvalue weighted by atomic mass is 32.2. The lowest BCUT2D eigenvalue weighted by molar-refractivity contribution is 0.0950. The van der Waals surface area contributed by atoms with E-state index in [9.17, 15) is 13.6 Å². The fourth-order valence-corrected chi connectivity index (χ4v) is 3.56. The van der Waals surface area contributed by atoms with Crippen molar-refractivity contribution in [2.45, 2.75) is 16.5 Å². The lowest BCUT2D eigenvalue weighted by Crippen LogP contribution is -2.23. The summed E-state index contributed by atoms with van der Waals surface area (Å²) in [6.45, 7) is 0.0906. The molecule has 0 saturated heterocycles. The summed E-state index contributed by atoms with van der Waals surface area (Å²) in [6, 6.07) is 18.8. The number of amides is 1. The summed E-state index contributed by atoms with van der Waals surface area (Å²) in [6.07, 6.45) is 3.05. The first-order chi connectivity index (χ1) is 15.6. The van der Waals surface area contributed by atoms with Crippen molar-refractivity contribution in [1.29, 1.82) is 0 Å². The van der Waals surface area contributed by atoms with Crippen LogP contribution in [0.25, 0.3) is 0 Å². The summed E-state index contributed by atoms with van der Waals surface area (Å²) in [4.78, 5) is 21.7. The van der Waals surface area contributed by atoms with Crippen LogP contribution in [0.4, 0.5) is 8.78 Å². The zero-order valence-corrected chi connectivity index (χ0v) is 17.5. The topological polar surface area (TPSA) is 64.1 Å². The molecular weight excluding hydrogens is 432 g/mol. The molecule has 32 heavy (non-hydrogen) atoms. The fraction of sp³-hybridized carbons (Fsp3) is 0.0417. The van der Waals surface area contributed by atoms with E-state index in [4.69, 9.17) is 4.74 Å². The molecular formula is C24H17F2N3O2S. The number of hydrogen-bond acceptors (Lipinski definition) is 5. The van der Waals surface area contributed by atoms with E-state index >= 15 is 0 Å². The second-order valence-electron chi connectivity index (χ2n) is 6.62. The van der Waals surface area contributed by atoms with Crippen LogP contribution in [-0.4, -0.2) is 15.9 Å². The maximum Gasteiger partial charge on any atom is 0.252 e. The van der Waals surface area contributed by atoms with Gasteiger partial charge in [0, 0.05) is 35.0 Å². The molecule has 3 aromatic carbocycles. The first-order valence-corrected chi connectivity index (χ1v) is 10.4. The SMILES string of the molecule is O=C(NCc1ccccc1F)c1ccc(Oc2nccnc2Sc2ccc(F)cc2)cc1. The lowest BCUT2D eigenvalue weighted by atomic mass is 10.2. The third-order valence-electron chi connectivity index (χ3n) is 4.39. The molecule has 0 unspecified atom stereocenters. The van der Waals surface area contributed by atoms with Gasteiger partial charge in [-0.05, 0) is 54.6 Å². The van der Waals surface area contributed by atoms with Gasteiger partial charge in [-0.25, -0.2) is 18.7 Å². The first kappa shape index (κ1) is 21.5. The Morgan fingerprint density at radius 3 is 2.38 bits per heavy atom. The quantitative estimate of drug-likeness (QED) is 0.396. The summed E-state index contributed by atoms with van der Waals surface area (Å²) >= 11 is 1.30. The van der Waals surface area contributed by atoms with Gasteiger partial charge in [-0.2, -0.15) is 0 Å². The molecule has 8 heteroatoms. The highest BCUT2D eigenvalue weighted by Gasteiger charge is 2.12. The van der Waals surface area contributed by atoms with Crippen LogP contribution in [0, 0.1) is 11.6 Å². The third kappa shape index (κ3) is 5.47. The molecule has 0 atom stereocenters. The number of nitrogens with one attached hydrogen (secondary N) is 1. The fourth-order valence-electron chi connectivity index (χ4n) is 2.77. The van der Waals surface area contributed by atoms with Crippen LogP contribution < -0.4 is 10.1 Å². The smallest absolute Gasteiger partial charge is 0.252 e. The molecule has 1 N–H and O–H groups in total. The van der Waals surface area contributed by atoms with Gasteiger partial charge in [0.15, 0.2) is 5.03 Å². The molecule has 4 aromatic rings. The Balaban J connectivity index is 1.41. The number of hydrogen-bond donors (Lipinski definition) is 1.